The minimum absolute atomic E-state index is 0.0888. The molecule has 0 aliphatic carbocycles. The Balaban J connectivity index is 2.28. The van der Waals surface area contributed by atoms with Gasteiger partial charge < -0.3 is 4.90 Å². The molecule has 19 heavy (non-hydrogen) atoms. The van der Waals surface area contributed by atoms with Crippen LogP contribution in [0.1, 0.15) is 5.56 Å². The van der Waals surface area contributed by atoms with Gasteiger partial charge in [-0.05, 0) is 29.8 Å². The second-order valence-electron chi connectivity index (χ2n) is 4.10. The summed E-state index contributed by atoms with van der Waals surface area (Å²) in [6.07, 6.45) is 3.42. The quantitative estimate of drug-likeness (QED) is 0.639. The lowest BCUT2D eigenvalue weighted by Crippen LogP contribution is -2.17. The first-order valence-electron chi connectivity index (χ1n) is 5.62. The average Bonchev–Trinajstić information content (AvgIpc) is 2.39. The standard InChI is InChI=1S/C13H12BrN3O2/c1-16(9-10-4-6-15-7-5-10)12-3-2-11(14)8-13(12)17(18)19/h2-8H,9H2,1H3. The summed E-state index contributed by atoms with van der Waals surface area (Å²) in [5.41, 5.74) is 1.73. The normalized spacial score (nSPS) is 10.2. The van der Waals surface area contributed by atoms with Crippen molar-refractivity contribution in [3.05, 3.63) is 62.9 Å². The van der Waals surface area contributed by atoms with Crippen LogP contribution in [0.4, 0.5) is 11.4 Å². The fourth-order valence-corrected chi connectivity index (χ4v) is 2.16. The Bertz CT molecular complexity index is 590. The minimum atomic E-state index is -0.372. The van der Waals surface area contributed by atoms with Crippen molar-refractivity contribution in [3.8, 4) is 0 Å². The third-order valence-corrected chi connectivity index (χ3v) is 3.21. The molecule has 0 amide bonds. The van der Waals surface area contributed by atoms with Crippen molar-refractivity contribution in [2.24, 2.45) is 0 Å². The fraction of sp³-hybridized carbons (Fsp3) is 0.154. The number of hydrogen-bond donors (Lipinski definition) is 0. The van der Waals surface area contributed by atoms with Gasteiger partial charge in [0.15, 0.2) is 0 Å². The van der Waals surface area contributed by atoms with Crippen molar-refractivity contribution in [2.75, 3.05) is 11.9 Å². The van der Waals surface area contributed by atoms with Crippen molar-refractivity contribution in [1.82, 2.24) is 4.98 Å². The van der Waals surface area contributed by atoms with Crippen LogP contribution in [0, 0.1) is 10.1 Å². The van der Waals surface area contributed by atoms with E-state index < -0.39 is 0 Å². The van der Waals surface area contributed by atoms with Crippen molar-refractivity contribution >= 4 is 27.3 Å². The maximum Gasteiger partial charge on any atom is 0.293 e. The highest BCUT2D eigenvalue weighted by Gasteiger charge is 2.17. The smallest absolute Gasteiger partial charge is 0.293 e. The molecule has 1 aromatic heterocycles. The first kappa shape index (κ1) is 13.5. The van der Waals surface area contributed by atoms with E-state index in [1.54, 1.807) is 24.5 Å². The number of benzene rings is 1. The predicted octanol–water partition coefficient (Wildman–Crippen LogP) is 3.39. The molecule has 0 aliphatic rings. The predicted molar refractivity (Wildman–Crippen MR) is 77.1 cm³/mol. The van der Waals surface area contributed by atoms with Crippen LogP contribution in [-0.2, 0) is 6.54 Å². The maximum atomic E-state index is 11.1. The molecule has 0 spiro atoms. The van der Waals surface area contributed by atoms with Gasteiger partial charge in [-0.1, -0.05) is 15.9 Å². The summed E-state index contributed by atoms with van der Waals surface area (Å²) < 4.78 is 0.695. The molecule has 5 nitrogen and oxygen atoms in total. The molecule has 1 aromatic carbocycles. The molecule has 98 valence electrons. The number of nitrogens with zero attached hydrogens (tertiary/aromatic N) is 3. The van der Waals surface area contributed by atoms with Crippen LogP contribution in [0.25, 0.3) is 0 Å². The van der Waals surface area contributed by atoms with Gasteiger partial charge in [0.25, 0.3) is 5.69 Å². The molecule has 0 bridgehead atoms. The summed E-state index contributed by atoms with van der Waals surface area (Å²) in [4.78, 5) is 16.5. The molecule has 1 heterocycles. The molecule has 0 radical (unpaired) electrons. The fourth-order valence-electron chi connectivity index (χ4n) is 1.81. The van der Waals surface area contributed by atoms with E-state index >= 15 is 0 Å². The highest BCUT2D eigenvalue weighted by atomic mass is 79.9. The zero-order chi connectivity index (χ0) is 13.8. The van der Waals surface area contributed by atoms with Crippen LogP contribution in [0.3, 0.4) is 0 Å². The highest BCUT2D eigenvalue weighted by Crippen LogP contribution is 2.31. The third-order valence-electron chi connectivity index (χ3n) is 2.71. The number of pyridine rings is 1. The lowest BCUT2D eigenvalue weighted by atomic mass is 10.2. The van der Waals surface area contributed by atoms with Crippen LogP contribution < -0.4 is 4.90 Å². The van der Waals surface area contributed by atoms with E-state index in [1.807, 2.05) is 24.1 Å². The second kappa shape index (κ2) is 5.79. The monoisotopic (exact) mass is 321 g/mol. The minimum Gasteiger partial charge on any atom is -0.365 e. The molecular weight excluding hydrogens is 310 g/mol. The van der Waals surface area contributed by atoms with Crippen molar-refractivity contribution in [3.63, 3.8) is 0 Å². The third kappa shape index (κ3) is 3.29. The maximum absolute atomic E-state index is 11.1. The Morgan fingerprint density at radius 2 is 2.00 bits per heavy atom. The summed E-state index contributed by atoms with van der Waals surface area (Å²) in [7, 11) is 1.83. The molecule has 0 unspecified atom stereocenters. The Morgan fingerprint density at radius 1 is 1.32 bits per heavy atom. The lowest BCUT2D eigenvalue weighted by Gasteiger charge is -2.19. The summed E-state index contributed by atoms with van der Waals surface area (Å²) in [6.45, 7) is 0.588. The van der Waals surface area contributed by atoms with E-state index in [1.165, 1.54) is 6.07 Å². The van der Waals surface area contributed by atoms with Crippen LogP contribution in [0.15, 0.2) is 47.2 Å². The molecule has 6 heteroatoms. The van der Waals surface area contributed by atoms with E-state index in [-0.39, 0.29) is 10.6 Å². The van der Waals surface area contributed by atoms with Crippen molar-refractivity contribution in [2.45, 2.75) is 6.54 Å². The zero-order valence-electron chi connectivity index (χ0n) is 10.3. The molecule has 2 rings (SSSR count). The average molecular weight is 322 g/mol. The molecule has 0 N–H and O–H groups in total. The number of halogens is 1. The van der Waals surface area contributed by atoms with Crippen LogP contribution >= 0.6 is 15.9 Å². The van der Waals surface area contributed by atoms with Crippen LogP contribution in [0.2, 0.25) is 0 Å². The van der Waals surface area contributed by atoms with Gasteiger partial charge in [0.2, 0.25) is 0 Å². The van der Waals surface area contributed by atoms with Gasteiger partial charge in [-0.2, -0.15) is 0 Å². The van der Waals surface area contributed by atoms with Gasteiger partial charge in [0.1, 0.15) is 5.69 Å². The topological polar surface area (TPSA) is 59.3 Å². The number of hydrogen-bond acceptors (Lipinski definition) is 4. The van der Waals surface area contributed by atoms with Gasteiger partial charge >= 0.3 is 0 Å². The number of aromatic nitrogens is 1. The first-order valence-corrected chi connectivity index (χ1v) is 6.41. The summed E-state index contributed by atoms with van der Waals surface area (Å²) >= 11 is 3.25. The van der Waals surface area contributed by atoms with Gasteiger partial charge in [-0.15, -0.1) is 0 Å². The van der Waals surface area contributed by atoms with Crippen LogP contribution in [-0.4, -0.2) is 17.0 Å². The lowest BCUT2D eigenvalue weighted by molar-refractivity contribution is -0.384. The number of anilines is 1. The highest BCUT2D eigenvalue weighted by molar-refractivity contribution is 9.10. The van der Waals surface area contributed by atoms with Crippen molar-refractivity contribution in [1.29, 1.82) is 0 Å². The van der Waals surface area contributed by atoms with Gasteiger partial charge in [-0.25, -0.2) is 0 Å². The van der Waals surface area contributed by atoms with Gasteiger partial charge in [0, 0.05) is 36.5 Å². The molecule has 0 atom stereocenters. The molecule has 2 aromatic rings. The summed E-state index contributed by atoms with van der Waals surface area (Å²) in [6, 6.07) is 8.83. The van der Waals surface area contributed by atoms with Crippen LogP contribution in [0.5, 0.6) is 0 Å². The van der Waals surface area contributed by atoms with E-state index in [2.05, 4.69) is 20.9 Å². The second-order valence-corrected chi connectivity index (χ2v) is 5.02. The molecule has 0 aliphatic heterocycles. The first-order chi connectivity index (χ1) is 9.08. The largest absolute Gasteiger partial charge is 0.365 e. The summed E-state index contributed by atoms with van der Waals surface area (Å²) in [5.74, 6) is 0. The molecule has 0 fully saturated rings. The van der Waals surface area contributed by atoms with E-state index in [4.69, 9.17) is 0 Å². The van der Waals surface area contributed by atoms with Gasteiger partial charge in [0.05, 0.1) is 4.92 Å². The Morgan fingerprint density at radius 3 is 2.63 bits per heavy atom. The number of nitro groups is 1. The Kier molecular flexibility index (Phi) is 4.11. The number of rotatable bonds is 4. The van der Waals surface area contributed by atoms with E-state index in [0.717, 1.165) is 5.56 Å². The van der Waals surface area contributed by atoms with E-state index in [0.29, 0.717) is 16.7 Å². The molecule has 0 saturated carbocycles. The molecule has 0 saturated heterocycles. The Labute approximate surface area is 119 Å². The van der Waals surface area contributed by atoms with Crippen molar-refractivity contribution < 1.29 is 4.92 Å². The molecular formula is C13H12BrN3O2. The number of nitro benzene ring substituents is 1. The van der Waals surface area contributed by atoms with E-state index in [9.17, 15) is 10.1 Å². The van der Waals surface area contributed by atoms with Gasteiger partial charge in [-0.3, -0.25) is 15.1 Å². The SMILES string of the molecule is CN(Cc1ccncc1)c1ccc(Br)cc1[N+](=O)[O-]. The summed E-state index contributed by atoms with van der Waals surface area (Å²) in [5, 5.41) is 11.1. The zero-order valence-corrected chi connectivity index (χ0v) is 11.9. The Hall–Kier alpha value is -1.95.